The number of carbonyl (C=O) groups is 1. The fraction of sp³-hybridized carbons (Fsp3) is 0.455. The van der Waals surface area contributed by atoms with Crippen LogP contribution in [0.15, 0.2) is 12.3 Å². The molecule has 0 spiro atoms. The first-order valence-corrected chi connectivity index (χ1v) is 5.16. The molecule has 0 bridgehead atoms. The molecular formula is C11H10F3NO3. The Kier molecular flexibility index (Phi) is 2.71. The molecule has 1 heterocycles. The van der Waals surface area contributed by atoms with Crippen molar-refractivity contribution in [2.24, 2.45) is 0 Å². The van der Waals surface area contributed by atoms with Crippen LogP contribution in [0.3, 0.4) is 0 Å². The Morgan fingerprint density at radius 3 is 2.50 bits per heavy atom. The Morgan fingerprint density at radius 1 is 1.50 bits per heavy atom. The minimum absolute atomic E-state index is 0.0859. The zero-order chi connectivity index (χ0) is 13.6. The zero-order valence-corrected chi connectivity index (χ0v) is 9.41. The number of carboxylic acid groups (broad SMARTS) is 1. The highest BCUT2D eigenvalue weighted by Gasteiger charge is 2.54. The third-order valence-electron chi connectivity index (χ3n) is 3.05. The summed E-state index contributed by atoms with van der Waals surface area (Å²) in [4.78, 5) is 14.4. The van der Waals surface area contributed by atoms with Crippen LogP contribution in [0.5, 0.6) is 5.75 Å². The van der Waals surface area contributed by atoms with E-state index in [1.807, 2.05) is 0 Å². The van der Waals surface area contributed by atoms with E-state index >= 15 is 0 Å². The smallest absolute Gasteiger partial charge is 0.433 e. The Labute approximate surface area is 100 Å². The van der Waals surface area contributed by atoms with Crippen LogP contribution in [0.1, 0.15) is 24.1 Å². The lowest BCUT2D eigenvalue weighted by atomic mass is 9.96. The molecule has 1 N–H and O–H groups in total. The molecule has 1 aliphatic carbocycles. The quantitative estimate of drug-likeness (QED) is 0.906. The highest BCUT2D eigenvalue weighted by molar-refractivity contribution is 5.85. The van der Waals surface area contributed by atoms with E-state index in [1.165, 1.54) is 7.11 Å². The van der Waals surface area contributed by atoms with Gasteiger partial charge in [0.05, 0.1) is 12.5 Å². The summed E-state index contributed by atoms with van der Waals surface area (Å²) in [6.45, 7) is 0. The van der Waals surface area contributed by atoms with E-state index in [4.69, 9.17) is 9.84 Å². The Hall–Kier alpha value is -1.79. The van der Waals surface area contributed by atoms with Crippen molar-refractivity contribution < 1.29 is 27.8 Å². The molecule has 0 aliphatic heterocycles. The molecule has 7 heteroatoms. The number of hydrogen-bond donors (Lipinski definition) is 1. The van der Waals surface area contributed by atoms with Crippen LogP contribution >= 0.6 is 0 Å². The molecule has 98 valence electrons. The molecule has 1 saturated carbocycles. The molecule has 0 atom stereocenters. The first kappa shape index (κ1) is 12.7. The normalized spacial score (nSPS) is 17.3. The van der Waals surface area contributed by atoms with Gasteiger partial charge in [0, 0.05) is 17.8 Å². The van der Waals surface area contributed by atoms with Crippen molar-refractivity contribution >= 4 is 5.97 Å². The van der Waals surface area contributed by atoms with E-state index in [0.717, 1.165) is 12.3 Å². The van der Waals surface area contributed by atoms with Gasteiger partial charge in [0.15, 0.2) is 0 Å². The maximum atomic E-state index is 12.5. The Balaban J connectivity index is 2.48. The van der Waals surface area contributed by atoms with Crippen molar-refractivity contribution in [1.29, 1.82) is 0 Å². The van der Waals surface area contributed by atoms with Gasteiger partial charge in [0.2, 0.25) is 0 Å². The fourth-order valence-corrected chi connectivity index (χ4v) is 1.84. The van der Waals surface area contributed by atoms with E-state index in [1.54, 1.807) is 0 Å². The molecule has 0 saturated heterocycles. The van der Waals surface area contributed by atoms with Crippen LogP contribution in [0.25, 0.3) is 0 Å². The molecule has 1 aromatic heterocycles. The number of aliphatic carboxylic acids is 1. The van der Waals surface area contributed by atoms with Gasteiger partial charge in [-0.1, -0.05) is 0 Å². The SMILES string of the molecule is COc1cc(C(F)(F)F)ncc1C1(C(=O)O)CC1. The van der Waals surface area contributed by atoms with Gasteiger partial charge in [0.25, 0.3) is 0 Å². The monoisotopic (exact) mass is 261 g/mol. The van der Waals surface area contributed by atoms with E-state index in [0.29, 0.717) is 12.8 Å². The highest BCUT2D eigenvalue weighted by atomic mass is 19.4. The summed E-state index contributed by atoms with van der Waals surface area (Å²) < 4.78 is 42.3. The third kappa shape index (κ3) is 1.89. The number of alkyl halides is 3. The standard InChI is InChI=1S/C11H10F3NO3/c1-18-7-4-8(11(12,13)14)15-5-6(7)10(2-3-10)9(16)17/h4-5H,2-3H2,1H3,(H,16,17). The molecule has 18 heavy (non-hydrogen) atoms. The first-order chi connectivity index (χ1) is 8.31. The number of nitrogens with zero attached hydrogens (tertiary/aromatic N) is 1. The lowest BCUT2D eigenvalue weighted by Crippen LogP contribution is -2.21. The van der Waals surface area contributed by atoms with Crippen molar-refractivity contribution in [3.8, 4) is 5.75 Å². The fourth-order valence-electron chi connectivity index (χ4n) is 1.84. The highest BCUT2D eigenvalue weighted by Crippen LogP contribution is 2.51. The second-order valence-electron chi connectivity index (χ2n) is 4.15. The number of aromatic nitrogens is 1. The molecule has 1 aliphatic rings. The van der Waals surface area contributed by atoms with Gasteiger partial charge in [-0.15, -0.1) is 0 Å². The minimum atomic E-state index is -4.58. The van der Waals surface area contributed by atoms with E-state index in [2.05, 4.69) is 4.98 Å². The predicted molar refractivity (Wildman–Crippen MR) is 54.3 cm³/mol. The summed E-state index contributed by atoms with van der Waals surface area (Å²) in [5, 5.41) is 9.10. The summed E-state index contributed by atoms with van der Waals surface area (Å²) in [6, 6.07) is 0.734. The van der Waals surface area contributed by atoms with Crippen molar-refractivity contribution in [2.75, 3.05) is 7.11 Å². The molecule has 1 fully saturated rings. The number of pyridine rings is 1. The minimum Gasteiger partial charge on any atom is -0.496 e. The number of rotatable bonds is 3. The van der Waals surface area contributed by atoms with Gasteiger partial charge in [-0.3, -0.25) is 9.78 Å². The molecule has 0 unspecified atom stereocenters. The Morgan fingerprint density at radius 2 is 2.11 bits per heavy atom. The second kappa shape index (κ2) is 3.86. The van der Waals surface area contributed by atoms with Gasteiger partial charge in [0.1, 0.15) is 11.4 Å². The summed E-state index contributed by atoms with van der Waals surface area (Å²) in [5.74, 6) is -1.15. The average molecular weight is 261 g/mol. The third-order valence-corrected chi connectivity index (χ3v) is 3.05. The first-order valence-electron chi connectivity index (χ1n) is 5.16. The number of halogens is 3. The molecule has 1 aromatic rings. The van der Waals surface area contributed by atoms with Crippen LogP contribution in [0.4, 0.5) is 13.2 Å². The molecule has 4 nitrogen and oxygen atoms in total. The van der Waals surface area contributed by atoms with Gasteiger partial charge in [-0.2, -0.15) is 13.2 Å². The summed E-state index contributed by atoms with van der Waals surface area (Å²) >= 11 is 0. The number of hydrogen-bond acceptors (Lipinski definition) is 3. The van der Waals surface area contributed by atoms with Gasteiger partial charge in [-0.05, 0) is 12.8 Å². The lowest BCUT2D eigenvalue weighted by Gasteiger charge is -2.16. The molecule has 2 rings (SSSR count). The maximum absolute atomic E-state index is 12.5. The number of carboxylic acids is 1. The number of methoxy groups -OCH3 is 1. The van der Waals surface area contributed by atoms with Crippen LogP contribution in [0.2, 0.25) is 0 Å². The zero-order valence-electron chi connectivity index (χ0n) is 9.41. The van der Waals surface area contributed by atoms with E-state index < -0.39 is 23.3 Å². The maximum Gasteiger partial charge on any atom is 0.433 e. The van der Waals surface area contributed by atoms with Crippen LogP contribution in [-0.4, -0.2) is 23.2 Å². The summed E-state index contributed by atoms with van der Waals surface area (Å²) in [6.07, 6.45) is -2.87. The summed E-state index contributed by atoms with van der Waals surface area (Å²) in [5.41, 5.74) is -2.03. The topological polar surface area (TPSA) is 59.4 Å². The molecule has 0 amide bonds. The average Bonchev–Trinajstić information content (AvgIpc) is 3.08. The van der Waals surface area contributed by atoms with Gasteiger partial charge < -0.3 is 9.84 Å². The molecule has 0 radical (unpaired) electrons. The van der Waals surface area contributed by atoms with Crippen molar-refractivity contribution in [2.45, 2.75) is 24.4 Å². The van der Waals surface area contributed by atoms with Gasteiger partial charge >= 0.3 is 12.1 Å². The van der Waals surface area contributed by atoms with E-state index in [-0.39, 0.29) is 11.3 Å². The van der Waals surface area contributed by atoms with Crippen LogP contribution in [-0.2, 0) is 16.4 Å². The predicted octanol–water partition coefficient (Wildman–Crippen LogP) is 2.23. The van der Waals surface area contributed by atoms with Gasteiger partial charge in [-0.25, -0.2) is 0 Å². The summed E-state index contributed by atoms with van der Waals surface area (Å²) in [7, 11) is 1.21. The largest absolute Gasteiger partial charge is 0.496 e. The molecular weight excluding hydrogens is 251 g/mol. The van der Waals surface area contributed by atoms with E-state index in [9.17, 15) is 18.0 Å². The molecule has 0 aromatic carbocycles. The second-order valence-corrected chi connectivity index (χ2v) is 4.15. The van der Waals surface area contributed by atoms with Crippen molar-refractivity contribution in [1.82, 2.24) is 4.98 Å². The van der Waals surface area contributed by atoms with Crippen molar-refractivity contribution in [3.63, 3.8) is 0 Å². The lowest BCUT2D eigenvalue weighted by molar-refractivity contribution is -0.141. The van der Waals surface area contributed by atoms with Crippen molar-refractivity contribution in [3.05, 3.63) is 23.5 Å². The Bertz CT molecular complexity index is 495. The van der Waals surface area contributed by atoms with Crippen LogP contribution in [0, 0.1) is 0 Å². The number of ether oxygens (including phenoxy) is 1. The van der Waals surface area contributed by atoms with Crippen LogP contribution < -0.4 is 4.74 Å².